The first-order valence-corrected chi connectivity index (χ1v) is 11.0. The second-order valence-corrected chi connectivity index (χ2v) is 9.65. The summed E-state index contributed by atoms with van der Waals surface area (Å²) < 4.78 is 36.7. The van der Waals surface area contributed by atoms with Gasteiger partial charge in [0.05, 0.1) is 29.5 Å². The Morgan fingerprint density at radius 1 is 1.22 bits per heavy atom. The number of ether oxygens (including phenoxy) is 1. The van der Waals surface area contributed by atoms with Gasteiger partial charge >= 0.3 is 0 Å². The lowest BCUT2D eigenvalue weighted by Crippen LogP contribution is -2.74. The zero-order valence-corrected chi connectivity index (χ0v) is 18.5. The lowest BCUT2D eigenvalue weighted by molar-refractivity contribution is -0.154. The predicted octanol–water partition coefficient (Wildman–Crippen LogP) is 2.03. The third kappa shape index (κ3) is 2.80. The molecule has 4 heterocycles. The van der Waals surface area contributed by atoms with Crippen molar-refractivity contribution >= 4 is 28.8 Å². The second kappa shape index (κ2) is 7.04. The van der Waals surface area contributed by atoms with Gasteiger partial charge in [0.25, 0.3) is 0 Å². The number of hydrogen-bond donors (Lipinski definition) is 2. The van der Waals surface area contributed by atoms with Crippen molar-refractivity contribution < 1.29 is 23.1 Å². The predicted molar refractivity (Wildman–Crippen MR) is 113 cm³/mol. The highest BCUT2D eigenvalue weighted by Crippen LogP contribution is 2.49. The first kappa shape index (κ1) is 21.0. The summed E-state index contributed by atoms with van der Waals surface area (Å²) in [5, 5.41) is 13.9. The van der Waals surface area contributed by atoms with Crippen LogP contribution in [0.1, 0.15) is 24.4 Å². The average molecular weight is 461 g/mol. The second-order valence-electron chi connectivity index (χ2n) is 8.47. The number of fused-ring (bicyclic) bond motifs is 4. The molecule has 1 aromatic heterocycles. The van der Waals surface area contributed by atoms with E-state index in [1.54, 1.807) is 18.7 Å². The number of rotatable bonds is 1. The lowest BCUT2D eigenvalue weighted by atomic mass is 9.66. The molecule has 3 aliphatic rings. The fourth-order valence-electron chi connectivity index (χ4n) is 5.17. The molecule has 0 aliphatic carbocycles. The molecule has 2 saturated heterocycles. The maximum Gasteiger partial charge on any atom is 0.243 e. The highest BCUT2D eigenvalue weighted by atomic mass is 32.1. The molecular formula is C21H21F2N5O3S. The van der Waals surface area contributed by atoms with Gasteiger partial charge in [-0.2, -0.15) is 0 Å². The van der Waals surface area contributed by atoms with Crippen molar-refractivity contribution in [1.29, 1.82) is 0 Å². The van der Waals surface area contributed by atoms with E-state index in [-0.39, 0.29) is 41.1 Å². The van der Waals surface area contributed by atoms with Crippen LogP contribution < -0.4 is 15.5 Å². The van der Waals surface area contributed by atoms with Crippen molar-refractivity contribution in [2.45, 2.75) is 45.4 Å². The van der Waals surface area contributed by atoms with Crippen LogP contribution in [-0.4, -0.2) is 46.8 Å². The molecule has 168 valence electrons. The van der Waals surface area contributed by atoms with Crippen LogP contribution in [0.15, 0.2) is 18.5 Å². The molecule has 0 bridgehead atoms. The number of benzene rings is 1. The molecular weight excluding hydrogens is 440 g/mol. The maximum atomic E-state index is 15.6. The summed E-state index contributed by atoms with van der Waals surface area (Å²) in [6, 6.07) is 0.642. The quantitative estimate of drug-likeness (QED) is 0.631. The zero-order chi connectivity index (χ0) is 22.9. The van der Waals surface area contributed by atoms with Gasteiger partial charge in [0.15, 0.2) is 22.1 Å². The van der Waals surface area contributed by atoms with Crippen LogP contribution in [0.3, 0.4) is 0 Å². The minimum atomic E-state index is -1.60. The average Bonchev–Trinajstić information content (AvgIpc) is 3.14. The Bertz CT molecular complexity index is 1160. The summed E-state index contributed by atoms with van der Waals surface area (Å²) in [6.45, 7) is 9.07. The van der Waals surface area contributed by atoms with Gasteiger partial charge in [0.2, 0.25) is 11.8 Å². The molecule has 2 fully saturated rings. The van der Waals surface area contributed by atoms with Crippen LogP contribution >= 0.6 is 11.3 Å². The number of carbonyl (C=O) groups excluding carboxylic acids is 2. The van der Waals surface area contributed by atoms with Crippen LogP contribution in [0.25, 0.3) is 10.6 Å². The van der Waals surface area contributed by atoms with Gasteiger partial charge in [-0.1, -0.05) is 17.9 Å². The van der Waals surface area contributed by atoms with E-state index >= 15 is 8.78 Å². The summed E-state index contributed by atoms with van der Waals surface area (Å²) in [7, 11) is 0. The summed E-state index contributed by atoms with van der Waals surface area (Å²) in [4.78, 5) is 28.2. The minimum absolute atomic E-state index is 0.0455. The number of amides is 2. The molecule has 32 heavy (non-hydrogen) atoms. The summed E-state index contributed by atoms with van der Waals surface area (Å²) in [5.41, 5.74) is -1.25. The Kier molecular flexibility index (Phi) is 4.61. The number of halogens is 2. The molecule has 3 atom stereocenters. The molecule has 0 radical (unpaired) electrons. The smallest absolute Gasteiger partial charge is 0.243 e. The largest absolute Gasteiger partial charge is 0.372 e. The lowest BCUT2D eigenvalue weighted by Gasteiger charge is -2.55. The van der Waals surface area contributed by atoms with Gasteiger partial charge in [-0.25, -0.2) is 8.78 Å². The SMILES string of the molecule is C=C1NC(=O)C2(Cc3cc(-c4nnc(C)s4)c(F)c(F)c3N3CC(C)OC(C)[C@H]32)C(=O)N1. The third-order valence-corrected chi connectivity index (χ3v) is 7.17. The Morgan fingerprint density at radius 2 is 1.91 bits per heavy atom. The number of nitrogens with one attached hydrogen (secondary N) is 2. The van der Waals surface area contributed by atoms with E-state index in [9.17, 15) is 9.59 Å². The molecule has 1 aromatic carbocycles. The molecule has 8 nitrogen and oxygen atoms in total. The van der Waals surface area contributed by atoms with Crippen molar-refractivity contribution in [3.63, 3.8) is 0 Å². The van der Waals surface area contributed by atoms with E-state index in [1.165, 1.54) is 6.07 Å². The van der Waals surface area contributed by atoms with Gasteiger partial charge in [0, 0.05) is 13.0 Å². The molecule has 2 N–H and O–H groups in total. The number of nitrogens with zero attached hydrogens (tertiary/aromatic N) is 3. The van der Waals surface area contributed by atoms with Crippen LogP contribution in [0.4, 0.5) is 14.5 Å². The zero-order valence-electron chi connectivity index (χ0n) is 17.7. The molecule has 3 aliphatic heterocycles. The molecule has 2 unspecified atom stereocenters. The van der Waals surface area contributed by atoms with E-state index < -0.39 is 41.0 Å². The van der Waals surface area contributed by atoms with E-state index in [0.717, 1.165) is 11.3 Å². The molecule has 0 saturated carbocycles. The van der Waals surface area contributed by atoms with Gasteiger partial charge in [0.1, 0.15) is 10.8 Å². The normalized spacial score (nSPS) is 26.5. The maximum absolute atomic E-state index is 15.6. The highest BCUT2D eigenvalue weighted by Gasteiger charge is 2.62. The van der Waals surface area contributed by atoms with Crippen molar-refractivity contribution in [3.05, 3.63) is 40.7 Å². The van der Waals surface area contributed by atoms with Gasteiger partial charge in [-0.05, 0) is 32.4 Å². The topological polar surface area (TPSA) is 96.5 Å². The first-order chi connectivity index (χ1) is 15.1. The first-order valence-electron chi connectivity index (χ1n) is 10.2. The molecule has 2 aromatic rings. The number of morpholine rings is 1. The number of aromatic nitrogens is 2. The Morgan fingerprint density at radius 3 is 2.53 bits per heavy atom. The number of anilines is 1. The van der Waals surface area contributed by atoms with E-state index in [4.69, 9.17) is 4.74 Å². The van der Waals surface area contributed by atoms with Crippen LogP contribution in [0, 0.1) is 24.0 Å². The third-order valence-electron chi connectivity index (χ3n) is 6.30. The Hall–Kier alpha value is -2.92. The molecule has 5 rings (SSSR count). The van der Waals surface area contributed by atoms with Crippen molar-refractivity contribution in [1.82, 2.24) is 20.8 Å². The fourth-order valence-corrected chi connectivity index (χ4v) is 5.87. The fraction of sp³-hybridized carbons (Fsp3) is 0.429. The molecule has 2 amide bonds. The van der Waals surface area contributed by atoms with Crippen molar-refractivity contribution in [2.75, 3.05) is 11.4 Å². The summed E-state index contributed by atoms with van der Waals surface area (Å²) in [6.07, 6.45) is -1.04. The summed E-state index contributed by atoms with van der Waals surface area (Å²) in [5.74, 6) is -3.08. The van der Waals surface area contributed by atoms with Gasteiger partial charge in [-0.15, -0.1) is 10.2 Å². The minimum Gasteiger partial charge on any atom is -0.372 e. The van der Waals surface area contributed by atoms with Gasteiger partial charge in [-0.3, -0.25) is 9.59 Å². The van der Waals surface area contributed by atoms with Crippen LogP contribution in [0.2, 0.25) is 0 Å². The van der Waals surface area contributed by atoms with Crippen molar-refractivity contribution in [3.8, 4) is 10.6 Å². The number of aryl methyl sites for hydroxylation is 1. The van der Waals surface area contributed by atoms with Gasteiger partial charge < -0.3 is 20.3 Å². The van der Waals surface area contributed by atoms with E-state index in [2.05, 4.69) is 27.4 Å². The Labute approximate surface area is 186 Å². The van der Waals surface area contributed by atoms with Crippen LogP contribution in [0.5, 0.6) is 0 Å². The standard InChI is InChI=1S/C21H21F2N5O3S/c1-8-7-28-16-12(5-13(14(22)15(16)23)18-27-26-11(4)32-18)6-21(17(28)9(2)31-8)19(29)24-10(3)25-20(21)30/h5,8-9,17H,3,6-7H2,1-2,4H3,(H,24,29)(H,25,30)/t8?,9?,17-/m0/s1. The molecule has 11 heteroatoms. The van der Waals surface area contributed by atoms with E-state index in [1.807, 2.05) is 6.92 Å². The highest BCUT2D eigenvalue weighted by molar-refractivity contribution is 7.14. The Balaban J connectivity index is 1.75. The van der Waals surface area contributed by atoms with Crippen molar-refractivity contribution in [2.24, 2.45) is 5.41 Å². The van der Waals surface area contributed by atoms with E-state index in [0.29, 0.717) is 10.6 Å². The number of carbonyl (C=O) groups is 2. The summed E-state index contributed by atoms with van der Waals surface area (Å²) >= 11 is 1.13. The monoisotopic (exact) mass is 461 g/mol. The number of hydrogen-bond acceptors (Lipinski definition) is 7. The van der Waals surface area contributed by atoms with Crippen LogP contribution in [-0.2, 0) is 20.7 Å². The molecule has 1 spiro atoms.